The van der Waals surface area contributed by atoms with E-state index in [2.05, 4.69) is 34.8 Å². The van der Waals surface area contributed by atoms with Gasteiger partial charge in [0.15, 0.2) is 11.7 Å². The van der Waals surface area contributed by atoms with Crippen LogP contribution in [0, 0.1) is 0 Å². The Balaban J connectivity index is 1.40. The molecule has 1 aromatic heterocycles. The molecule has 2 aromatic rings. The number of nitrogens with one attached hydrogen (secondary N) is 1. The Kier molecular flexibility index (Phi) is 7.28. The maximum absolute atomic E-state index is 12.5. The number of piperazine rings is 1. The normalized spacial score (nSPS) is 15.8. The zero-order valence-corrected chi connectivity index (χ0v) is 16.3. The lowest BCUT2D eigenvalue weighted by Crippen LogP contribution is -2.47. The van der Waals surface area contributed by atoms with Gasteiger partial charge in [-0.15, -0.1) is 13.2 Å². The van der Waals surface area contributed by atoms with Crippen LogP contribution >= 0.6 is 0 Å². The third-order valence-electron chi connectivity index (χ3n) is 4.50. The van der Waals surface area contributed by atoms with Crippen molar-refractivity contribution in [2.75, 3.05) is 49.5 Å². The summed E-state index contributed by atoms with van der Waals surface area (Å²) < 4.78 is 41.4. The summed E-state index contributed by atoms with van der Waals surface area (Å²) in [5.41, 5.74) is 5.91. The van der Waals surface area contributed by atoms with Gasteiger partial charge in [-0.25, -0.2) is 9.97 Å². The molecule has 1 aliphatic heterocycles. The van der Waals surface area contributed by atoms with Crippen molar-refractivity contribution in [3.63, 3.8) is 0 Å². The number of nitrogens with zero attached hydrogens (tertiary/aromatic N) is 5. The number of benzene rings is 1. The average molecular weight is 423 g/mol. The predicted molar refractivity (Wildman–Crippen MR) is 109 cm³/mol. The fourth-order valence-corrected chi connectivity index (χ4v) is 3.08. The molecule has 0 unspecified atom stereocenters. The zero-order chi connectivity index (χ0) is 21.4. The molecule has 1 aromatic carbocycles. The Morgan fingerprint density at radius 3 is 2.50 bits per heavy atom. The molecule has 0 radical (unpaired) electrons. The minimum absolute atomic E-state index is 0.0410. The number of para-hydroxylation sites is 2. The van der Waals surface area contributed by atoms with Gasteiger partial charge < -0.3 is 20.7 Å². The smallest absolute Gasteiger partial charge is 0.404 e. The lowest BCUT2D eigenvalue weighted by Gasteiger charge is -2.34. The van der Waals surface area contributed by atoms with Crippen molar-refractivity contribution in [2.45, 2.75) is 12.8 Å². The summed E-state index contributed by atoms with van der Waals surface area (Å²) in [6.07, 6.45) is -0.525. The van der Waals surface area contributed by atoms with Gasteiger partial charge >= 0.3 is 6.36 Å². The molecule has 8 nitrogen and oxygen atoms in total. The van der Waals surface area contributed by atoms with Crippen molar-refractivity contribution in [2.24, 2.45) is 10.7 Å². The average Bonchev–Trinajstić information content (AvgIpc) is 2.73. The highest BCUT2D eigenvalue weighted by molar-refractivity contribution is 5.93. The van der Waals surface area contributed by atoms with E-state index in [0.29, 0.717) is 6.54 Å². The summed E-state index contributed by atoms with van der Waals surface area (Å²) >= 11 is 0. The first-order valence-corrected chi connectivity index (χ1v) is 9.57. The summed E-state index contributed by atoms with van der Waals surface area (Å²) in [5.74, 6) is 0.429. The highest BCUT2D eigenvalue weighted by Crippen LogP contribution is 2.29. The fraction of sp³-hybridized carbons (Fsp3) is 0.421. The number of hydrogen-bond acceptors (Lipinski definition) is 6. The van der Waals surface area contributed by atoms with Crippen molar-refractivity contribution in [3.05, 3.63) is 42.7 Å². The van der Waals surface area contributed by atoms with Crippen LogP contribution in [0.1, 0.15) is 6.42 Å². The molecule has 162 valence electrons. The van der Waals surface area contributed by atoms with Gasteiger partial charge in [0, 0.05) is 51.7 Å². The van der Waals surface area contributed by atoms with E-state index < -0.39 is 6.36 Å². The standard InChI is InChI=1S/C19H24F3N7O/c20-19(21,22)30-16-6-2-1-5-15(16)27-17(23)24-9-4-10-28-11-13-29(14-12-28)18-25-7-3-8-26-18/h1-3,5-8H,4,9-14H2,(H3,23,24,27). The third kappa shape index (κ3) is 6.76. The largest absolute Gasteiger partial charge is 0.573 e. The van der Waals surface area contributed by atoms with Crippen LogP contribution in [0.4, 0.5) is 24.8 Å². The summed E-state index contributed by atoms with van der Waals surface area (Å²) in [6, 6.07) is 7.48. The quantitative estimate of drug-likeness (QED) is 0.401. The van der Waals surface area contributed by atoms with Crippen molar-refractivity contribution >= 4 is 17.6 Å². The second-order valence-corrected chi connectivity index (χ2v) is 6.67. The fourth-order valence-electron chi connectivity index (χ4n) is 3.08. The van der Waals surface area contributed by atoms with Gasteiger partial charge in [0.1, 0.15) is 0 Å². The molecule has 1 fully saturated rings. The molecule has 0 amide bonds. The number of nitrogens with two attached hydrogens (primary N) is 1. The molecule has 11 heteroatoms. The van der Waals surface area contributed by atoms with E-state index in [1.165, 1.54) is 18.2 Å². The number of halogens is 3. The van der Waals surface area contributed by atoms with Crippen molar-refractivity contribution in [1.29, 1.82) is 0 Å². The lowest BCUT2D eigenvalue weighted by molar-refractivity contribution is -0.274. The summed E-state index contributed by atoms with van der Waals surface area (Å²) in [5, 5.41) is 2.66. The molecule has 3 N–H and O–H groups in total. The molecule has 0 aliphatic carbocycles. The number of guanidine groups is 1. The molecule has 0 bridgehead atoms. The minimum atomic E-state index is -4.78. The molecule has 1 aliphatic rings. The monoisotopic (exact) mass is 423 g/mol. The van der Waals surface area contributed by atoms with Gasteiger partial charge in [-0.2, -0.15) is 0 Å². The molecule has 0 spiro atoms. The molecule has 3 rings (SSSR count). The lowest BCUT2D eigenvalue weighted by atomic mass is 10.3. The van der Waals surface area contributed by atoms with Gasteiger partial charge in [0.2, 0.25) is 5.95 Å². The van der Waals surface area contributed by atoms with E-state index in [4.69, 9.17) is 5.73 Å². The Morgan fingerprint density at radius 2 is 1.80 bits per heavy atom. The molecule has 1 saturated heterocycles. The molecular formula is C19H24F3N7O. The van der Waals surface area contributed by atoms with Crippen molar-refractivity contribution in [1.82, 2.24) is 14.9 Å². The topological polar surface area (TPSA) is 91.9 Å². The summed E-state index contributed by atoms with van der Waals surface area (Å²) in [7, 11) is 0. The van der Waals surface area contributed by atoms with Gasteiger partial charge in [-0.1, -0.05) is 12.1 Å². The number of hydrogen-bond donors (Lipinski definition) is 2. The highest BCUT2D eigenvalue weighted by atomic mass is 19.4. The number of aromatic nitrogens is 2. The van der Waals surface area contributed by atoms with Crippen LogP contribution in [-0.4, -0.2) is 66.5 Å². The van der Waals surface area contributed by atoms with E-state index in [-0.39, 0.29) is 17.4 Å². The van der Waals surface area contributed by atoms with E-state index >= 15 is 0 Å². The van der Waals surface area contributed by atoms with Crippen LogP contribution in [0.2, 0.25) is 0 Å². The maximum atomic E-state index is 12.5. The Hall–Kier alpha value is -3.08. The second-order valence-electron chi connectivity index (χ2n) is 6.67. The number of alkyl halides is 3. The van der Waals surface area contributed by atoms with E-state index in [1.54, 1.807) is 24.5 Å². The zero-order valence-electron chi connectivity index (χ0n) is 16.3. The third-order valence-corrected chi connectivity index (χ3v) is 4.50. The first-order chi connectivity index (χ1) is 14.4. The number of rotatable bonds is 7. The Morgan fingerprint density at radius 1 is 1.10 bits per heavy atom. The second kappa shape index (κ2) is 10.1. The SMILES string of the molecule is NC(=NCCCN1CCN(c2ncccn2)CC1)Nc1ccccc1OC(F)(F)F. The van der Waals surface area contributed by atoms with Crippen molar-refractivity contribution < 1.29 is 17.9 Å². The van der Waals surface area contributed by atoms with Gasteiger partial charge in [0.05, 0.1) is 5.69 Å². The molecule has 30 heavy (non-hydrogen) atoms. The molecule has 0 atom stereocenters. The van der Waals surface area contributed by atoms with Crippen LogP contribution in [0.15, 0.2) is 47.7 Å². The van der Waals surface area contributed by atoms with Gasteiger partial charge in [-0.3, -0.25) is 9.89 Å². The van der Waals surface area contributed by atoms with Crippen molar-refractivity contribution in [3.8, 4) is 5.75 Å². The predicted octanol–water partition coefficient (Wildman–Crippen LogP) is 2.31. The Labute approximate surface area is 172 Å². The summed E-state index contributed by atoms with van der Waals surface area (Å²) in [6.45, 7) is 4.83. The molecule has 0 saturated carbocycles. The highest BCUT2D eigenvalue weighted by Gasteiger charge is 2.32. The first kappa shape index (κ1) is 21.6. The van der Waals surface area contributed by atoms with E-state index in [0.717, 1.165) is 45.1 Å². The van der Waals surface area contributed by atoms with Crippen LogP contribution in [0.5, 0.6) is 5.75 Å². The van der Waals surface area contributed by atoms with E-state index in [1.807, 2.05) is 0 Å². The van der Waals surface area contributed by atoms with Crippen LogP contribution < -0.4 is 20.7 Å². The number of anilines is 2. The van der Waals surface area contributed by atoms with Crippen LogP contribution in [0.3, 0.4) is 0 Å². The summed E-state index contributed by atoms with van der Waals surface area (Å²) in [4.78, 5) is 17.2. The molecule has 2 heterocycles. The van der Waals surface area contributed by atoms with Gasteiger partial charge in [0.25, 0.3) is 0 Å². The minimum Gasteiger partial charge on any atom is -0.404 e. The Bertz CT molecular complexity index is 824. The van der Waals surface area contributed by atoms with Gasteiger partial charge in [-0.05, 0) is 24.6 Å². The number of ether oxygens (including phenoxy) is 1. The van der Waals surface area contributed by atoms with E-state index in [9.17, 15) is 13.2 Å². The number of aliphatic imine (C=N–C) groups is 1. The maximum Gasteiger partial charge on any atom is 0.573 e. The van der Waals surface area contributed by atoms with Crippen LogP contribution in [0.25, 0.3) is 0 Å². The first-order valence-electron chi connectivity index (χ1n) is 9.57. The molecular weight excluding hydrogens is 399 g/mol. The van der Waals surface area contributed by atoms with Crippen LogP contribution in [-0.2, 0) is 0 Å².